The minimum atomic E-state index is -0.346. The Kier molecular flexibility index (Phi) is 7.10. The monoisotopic (exact) mass is 477 g/mol. The van der Waals surface area contributed by atoms with E-state index in [0.717, 1.165) is 25.7 Å². The summed E-state index contributed by atoms with van der Waals surface area (Å²) in [5, 5.41) is 0.595. The number of aromatic nitrogens is 3. The highest BCUT2D eigenvalue weighted by Crippen LogP contribution is 2.40. The number of nitrogens with zero attached hydrogens (tertiary/aromatic N) is 3. The van der Waals surface area contributed by atoms with Gasteiger partial charge in [-0.15, -0.1) is 0 Å². The molecular weight excluding hydrogens is 446 g/mol. The molecule has 0 spiro atoms. The summed E-state index contributed by atoms with van der Waals surface area (Å²) in [4.78, 5) is 32.2. The first kappa shape index (κ1) is 24.3. The highest BCUT2D eigenvalue weighted by Gasteiger charge is 2.22. The van der Waals surface area contributed by atoms with Crippen LogP contribution in [0.1, 0.15) is 32.6 Å². The summed E-state index contributed by atoms with van der Waals surface area (Å²) in [5.74, 6) is 1.82. The van der Waals surface area contributed by atoms with Gasteiger partial charge in [0.15, 0.2) is 17.1 Å². The number of fused-ring (bicyclic) bond motifs is 2. The molecule has 0 aliphatic heterocycles. The summed E-state index contributed by atoms with van der Waals surface area (Å²) in [6, 6.07) is 10.8. The van der Waals surface area contributed by atoms with Crippen molar-refractivity contribution in [1.82, 2.24) is 14.1 Å². The SMILES string of the molecule is CCCCCCn1c(-c2cc(OC)c(OC)c(OC)c2)nc2c(c(=O)c3ccccc3n2C)c1=O. The lowest BCUT2D eigenvalue weighted by Gasteiger charge is -2.18. The van der Waals surface area contributed by atoms with E-state index in [1.807, 2.05) is 19.2 Å². The minimum absolute atomic E-state index is 0.0953. The number of unbranched alkanes of at least 4 members (excludes halogenated alkanes) is 3. The van der Waals surface area contributed by atoms with Crippen LogP contribution in [0, 0.1) is 0 Å². The third-order valence-electron chi connectivity index (χ3n) is 6.36. The predicted octanol–water partition coefficient (Wildman–Crippen LogP) is 4.52. The van der Waals surface area contributed by atoms with Crippen LogP contribution in [-0.4, -0.2) is 35.4 Å². The summed E-state index contributed by atoms with van der Waals surface area (Å²) < 4.78 is 19.9. The Bertz CT molecular complexity index is 1480. The number of hydrogen-bond acceptors (Lipinski definition) is 6. The van der Waals surface area contributed by atoms with E-state index in [9.17, 15) is 9.59 Å². The molecule has 2 aromatic carbocycles. The Hall–Kier alpha value is -3.81. The number of hydrogen-bond donors (Lipinski definition) is 0. The number of methoxy groups -OCH3 is 3. The van der Waals surface area contributed by atoms with Crippen LogP contribution < -0.4 is 25.2 Å². The second-order valence-corrected chi connectivity index (χ2v) is 8.47. The van der Waals surface area contributed by atoms with Gasteiger partial charge in [-0.25, -0.2) is 4.98 Å². The molecule has 0 saturated heterocycles. The lowest BCUT2D eigenvalue weighted by Crippen LogP contribution is -2.29. The molecule has 2 aromatic heterocycles. The zero-order chi connectivity index (χ0) is 25.1. The van der Waals surface area contributed by atoms with Crippen LogP contribution >= 0.6 is 0 Å². The first-order valence-corrected chi connectivity index (χ1v) is 11.8. The molecule has 4 rings (SSSR count). The van der Waals surface area contributed by atoms with Crippen LogP contribution in [-0.2, 0) is 13.6 Å². The van der Waals surface area contributed by atoms with Gasteiger partial charge in [0.05, 0.1) is 26.8 Å². The fourth-order valence-corrected chi connectivity index (χ4v) is 4.53. The highest BCUT2D eigenvalue weighted by molar-refractivity contribution is 5.92. The summed E-state index contributed by atoms with van der Waals surface area (Å²) in [5.41, 5.74) is 1.04. The molecule has 2 heterocycles. The maximum absolute atomic E-state index is 13.9. The van der Waals surface area contributed by atoms with Gasteiger partial charge in [-0.1, -0.05) is 38.3 Å². The van der Waals surface area contributed by atoms with Gasteiger partial charge in [0.1, 0.15) is 11.2 Å². The van der Waals surface area contributed by atoms with E-state index in [1.54, 1.807) is 54.7 Å². The second-order valence-electron chi connectivity index (χ2n) is 8.47. The quantitative estimate of drug-likeness (QED) is 0.260. The summed E-state index contributed by atoms with van der Waals surface area (Å²) in [7, 11) is 6.45. The fourth-order valence-electron chi connectivity index (χ4n) is 4.53. The topological polar surface area (TPSA) is 84.6 Å². The van der Waals surface area contributed by atoms with E-state index < -0.39 is 0 Å². The fraction of sp³-hybridized carbons (Fsp3) is 0.370. The first-order valence-electron chi connectivity index (χ1n) is 11.8. The molecule has 0 radical (unpaired) electrons. The summed E-state index contributed by atoms with van der Waals surface area (Å²) >= 11 is 0. The zero-order valence-corrected chi connectivity index (χ0v) is 20.9. The minimum Gasteiger partial charge on any atom is -0.493 e. The molecule has 0 aliphatic carbocycles. The van der Waals surface area contributed by atoms with Crippen LogP contribution in [0.3, 0.4) is 0 Å². The lowest BCUT2D eigenvalue weighted by molar-refractivity contribution is 0.324. The lowest BCUT2D eigenvalue weighted by atomic mass is 10.1. The Morgan fingerprint density at radius 1 is 0.914 bits per heavy atom. The van der Waals surface area contributed by atoms with Crippen molar-refractivity contribution in [1.29, 1.82) is 0 Å². The van der Waals surface area contributed by atoms with E-state index in [0.29, 0.717) is 51.7 Å². The van der Waals surface area contributed by atoms with Gasteiger partial charge in [-0.3, -0.25) is 14.2 Å². The maximum Gasteiger partial charge on any atom is 0.267 e. The Morgan fingerprint density at radius 2 is 1.60 bits per heavy atom. The first-order chi connectivity index (χ1) is 17.0. The molecule has 0 amide bonds. The van der Waals surface area contributed by atoms with Gasteiger partial charge in [-0.05, 0) is 30.7 Å². The van der Waals surface area contributed by atoms with Crippen molar-refractivity contribution in [2.45, 2.75) is 39.2 Å². The molecule has 35 heavy (non-hydrogen) atoms. The van der Waals surface area contributed by atoms with E-state index >= 15 is 0 Å². The van der Waals surface area contributed by atoms with Crippen molar-refractivity contribution >= 4 is 21.9 Å². The number of ether oxygens (including phenoxy) is 3. The maximum atomic E-state index is 13.9. The standard InChI is InChI=1S/C27H31N3O5/c1-6-7-8-11-14-30-25(17-15-20(33-3)24(35-5)21(16-17)34-4)28-26-22(27(30)32)23(31)18-12-9-10-13-19(18)29(26)2/h9-10,12-13,15-16H,6-8,11,14H2,1-5H3. The normalized spacial score (nSPS) is 11.2. The van der Waals surface area contributed by atoms with Gasteiger partial charge in [0.2, 0.25) is 11.2 Å². The molecule has 0 aliphatic rings. The number of aryl methyl sites for hydroxylation is 1. The third kappa shape index (κ3) is 4.24. The molecule has 0 atom stereocenters. The van der Waals surface area contributed by atoms with Crippen molar-refractivity contribution in [3.8, 4) is 28.6 Å². The van der Waals surface area contributed by atoms with Gasteiger partial charge in [0.25, 0.3) is 5.56 Å². The summed E-state index contributed by atoms with van der Waals surface area (Å²) in [6.45, 7) is 2.59. The van der Waals surface area contributed by atoms with Gasteiger partial charge in [0, 0.05) is 24.5 Å². The van der Waals surface area contributed by atoms with Crippen molar-refractivity contribution < 1.29 is 14.2 Å². The predicted molar refractivity (Wildman–Crippen MR) is 138 cm³/mol. The third-order valence-corrected chi connectivity index (χ3v) is 6.36. The van der Waals surface area contributed by atoms with E-state index in [4.69, 9.17) is 19.2 Å². The van der Waals surface area contributed by atoms with Gasteiger partial charge >= 0.3 is 0 Å². The van der Waals surface area contributed by atoms with Crippen LogP contribution in [0.5, 0.6) is 17.2 Å². The second kappa shape index (κ2) is 10.2. The number of rotatable bonds is 9. The van der Waals surface area contributed by atoms with E-state index in [1.165, 1.54) is 0 Å². The molecule has 0 fully saturated rings. The largest absolute Gasteiger partial charge is 0.493 e. The van der Waals surface area contributed by atoms with E-state index in [2.05, 4.69) is 6.92 Å². The van der Waals surface area contributed by atoms with Crippen molar-refractivity contribution in [2.75, 3.05) is 21.3 Å². The molecule has 8 nitrogen and oxygen atoms in total. The summed E-state index contributed by atoms with van der Waals surface area (Å²) in [6.07, 6.45) is 3.93. The van der Waals surface area contributed by atoms with Crippen LogP contribution in [0.15, 0.2) is 46.0 Å². The molecule has 4 aromatic rings. The zero-order valence-electron chi connectivity index (χ0n) is 20.9. The van der Waals surface area contributed by atoms with Crippen molar-refractivity contribution in [3.05, 3.63) is 57.0 Å². The number of pyridine rings is 1. The molecule has 0 unspecified atom stereocenters. The van der Waals surface area contributed by atoms with Crippen LogP contribution in [0.25, 0.3) is 33.3 Å². The highest BCUT2D eigenvalue weighted by atomic mass is 16.5. The number of para-hydroxylation sites is 1. The van der Waals surface area contributed by atoms with Crippen molar-refractivity contribution in [2.24, 2.45) is 7.05 Å². The van der Waals surface area contributed by atoms with Gasteiger partial charge < -0.3 is 18.8 Å². The molecule has 0 saturated carbocycles. The number of benzene rings is 2. The molecular formula is C27H31N3O5. The molecule has 8 heteroatoms. The van der Waals surface area contributed by atoms with Crippen molar-refractivity contribution in [3.63, 3.8) is 0 Å². The Balaban J connectivity index is 2.07. The average molecular weight is 478 g/mol. The van der Waals surface area contributed by atoms with Gasteiger partial charge in [-0.2, -0.15) is 0 Å². The van der Waals surface area contributed by atoms with E-state index in [-0.39, 0.29) is 16.4 Å². The molecule has 184 valence electrons. The van der Waals surface area contributed by atoms with Crippen LogP contribution in [0.2, 0.25) is 0 Å². The molecule has 0 N–H and O–H groups in total. The molecule has 0 bridgehead atoms. The Morgan fingerprint density at radius 3 is 2.23 bits per heavy atom. The average Bonchev–Trinajstić information content (AvgIpc) is 2.89. The Labute approximate surface area is 203 Å². The van der Waals surface area contributed by atoms with Crippen LogP contribution in [0.4, 0.5) is 0 Å². The smallest absolute Gasteiger partial charge is 0.267 e.